The lowest BCUT2D eigenvalue weighted by Gasteiger charge is -2.11. The third-order valence-electron chi connectivity index (χ3n) is 2.50. The van der Waals surface area contributed by atoms with Crippen LogP contribution < -0.4 is 0 Å². The van der Waals surface area contributed by atoms with E-state index in [1.54, 1.807) is 29.8 Å². The van der Waals surface area contributed by atoms with E-state index in [2.05, 4.69) is 4.98 Å². The second-order valence-corrected chi connectivity index (χ2v) is 5.26. The second-order valence-electron chi connectivity index (χ2n) is 3.74. The number of carboxylic acid groups (broad SMARTS) is 1. The number of carbonyl (C=O) groups is 1. The van der Waals surface area contributed by atoms with Gasteiger partial charge in [0.15, 0.2) is 0 Å². The molecule has 0 radical (unpaired) electrons. The summed E-state index contributed by atoms with van der Waals surface area (Å²) in [6.45, 7) is 0. The van der Waals surface area contributed by atoms with Crippen molar-refractivity contribution in [2.75, 3.05) is 0 Å². The molecule has 0 spiro atoms. The van der Waals surface area contributed by atoms with Gasteiger partial charge in [-0.25, -0.2) is 4.79 Å². The molecule has 0 bridgehead atoms. The first-order chi connectivity index (χ1) is 9.09. The minimum absolute atomic E-state index is 0.145. The number of nitrogens with zero attached hydrogens (tertiary/aromatic N) is 1. The van der Waals surface area contributed by atoms with Gasteiger partial charge in [0.1, 0.15) is 10.4 Å². The van der Waals surface area contributed by atoms with Gasteiger partial charge in [-0.1, -0.05) is 17.7 Å². The molecular weight excluding hydrogens is 286 g/mol. The lowest BCUT2D eigenvalue weighted by atomic mass is 10.0. The predicted octanol–water partition coefficient (Wildman–Crippen LogP) is 3.00. The number of aliphatic hydroxyl groups excluding tert-OH is 1. The van der Waals surface area contributed by atoms with E-state index >= 15 is 0 Å². The number of halogens is 1. The molecule has 0 saturated carbocycles. The summed E-state index contributed by atoms with van der Waals surface area (Å²) in [5.74, 6) is -1.20. The lowest BCUT2D eigenvalue weighted by Crippen LogP contribution is -2.11. The van der Waals surface area contributed by atoms with Crippen LogP contribution in [0.4, 0.5) is 0 Å². The molecule has 4 nitrogen and oxygen atoms in total. The van der Waals surface area contributed by atoms with Crippen molar-refractivity contribution in [1.29, 1.82) is 0 Å². The number of aliphatic hydroxyl groups is 1. The first kappa shape index (κ1) is 13.7. The van der Waals surface area contributed by atoms with Crippen molar-refractivity contribution >= 4 is 35.0 Å². The number of pyridine rings is 1. The number of carboxylic acids is 1. The van der Waals surface area contributed by atoms with Gasteiger partial charge in [0, 0.05) is 23.5 Å². The minimum atomic E-state index is -1.25. The van der Waals surface area contributed by atoms with Crippen LogP contribution in [0.2, 0.25) is 4.34 Å². The monoisotopic (exact) mass is 295 g/mol. The molecule has 0 aliphatic heterocycles. The highest BCUT2D eigenvalue weighted by atomic mass is 35.5. The van der Waals surface area contributed by atoms with Gasteiger partial charge < -0.3 is 10.2 Å². The van der Waals surface area contributed by atoms with E-state index < -0.39 is 12.1 Å². The largest absolute Gasteiger partial charge is 0.478 e. The van der Waals surface area contributed by atoms with Gasteiger partial charge >= 0.3 is 5.97 Å². The normalized spacial score (nSPS) is 13.3. The fourth-order valence-electron chi connectivity index (χ4n) is 1.55. The molecule has 19 heavy (non-hydrogen) atoms. The highest BCUT2D eigenvalue weighted by Gasteiger charge is 2.20. The summed E-state index contributed by atoms with van der Waals surface area (Å²) in [4.78, 5) is 15.1. The number of hydrogen-bond donors (Lipinski definition) is 2. The summed E-state index contributed by atoms with van der Waals surface area (Å²) in [5.41, 5.74) is 0.850. The van der Waals surface area contributed by atoms with E-state index in [4.69, 9.17) is 11.6 Å². The van der Waals surface area contributed by atoms with Crippen molar-refractivity contribution in [2.45, 2.75) is 6.10 Å². The molecule has 2 heterocycles. The Balaban J connectivity index is 2.39. The van der Waals surface area contributed by atoms with Crippen LogP contribution in [0.5, 0.6) is 0 Å². The summed E-state index contributed by atoms with van der Waals surface area (Å²) in [7, 11) is 0. The van der Waals surface area contributed by atoms with E-state index in [1.165, 1.54) is 23.6 Å². The van der Waals surface area contributed by atoms with Gasteiger partial charge in [-0.3, -0.25) is 4.98 Å². The van der Waals surface area contributed by atoms with Gasteiger partial charge in [0.2, 0.25) is 0 Å². The third-order valence-corrected chi connectivity index (χ3v) is 3.70. The number of hydrogen-bond acceptors (Lipinski definition) is 4. The molecule has 1 unspecified atom stereocenters. The molecule has 0 aliphatic rings. The quantitative estimate of drug-likeness (QED) is 0.851. The third kappa shape index (κ3) is 3.20. The Kier molecular flexibility index (Phi) is 4.31. The molecule has 0 saturated heterocycles. The zero-order valence-corrected chi connectivity index (χ0v) is 11.2. The van der Waals surface area contributed by atoms with E-state index in [-0.39, 0.29) is 5.57 Å². The summed E-state index contributed by atoms with van der Waals surface area (Å²) in [6, 6.07) is 4.95. The Morgan fingerprint density at radius 3 is 2.79 bits per heavy atom. The zero-order chi connectivity index (χ0) is 13.8. The highest BCUT2D eigenvalue weighted by molar-refractivity contribution is 7.14. The molecule has 0 aliphatic carbocycles. The van der Waals surface area contributed by atoms with Crippen molar-refractivity contribution in [2.24, 2.45) is 0 Å². The number of thiophene rings is 1. The molecule has 0 fully saturated rings. The molecule has 1 atom stereocenters. The lowest BCUT2D eigenvalue weighted by molar-refractivity contribution is -0.133. The maximum Gasteiger partial charge on any atom is 0.334 e. The topological polar surface area (TPSA) is 70.4 Å². The molecule has 6 heteroatoms. The van der Waals surface area contributed by atoms with E-state index in [0.717, 1.165) is 0 Å². The fraction of sp³-hybridized carbons (Fsp3) is 0.0769. The molecule has 2 aromatic heterocycles. The summed E-state index contributed by atoms with van der Waals surface area (Å²) < 4.78 is 0.483. The van der Waals surface area contributed by atoms with E-state index in [1.807, 2.05) is 0 Å². The summed E-state index contributed by atoms with van der Waals surface area (Å²) in [6.07, 6.45) is 3.10. The van der Waals surface area contributed by atoms with Crippen molar-refractivity contribution in [1.82, 2.24) is 4.98 Å². The number of rotatable bonds is 4. The molecule has 98 valence electrons. The first-order valence-electron chi connectivity index (χ1n) is 5.35. The van der Waals surface area contributed by atoms with Crippen LogP contribution in [-0.2, 0) is 4.79 Å². The van der Waals surface area contributed by atoms with Crippen LogP contribution >= 0.6 is 22.9 Å². The summed E-state index contributed by atoms with van der Waals surface area (Å²) in [5, 5.41) is 21.1. The fourth-order valence-corrected chi connectivity index (χ4v) is 2.42. The molecule has 2 aromatic rings. The van der Waals surface area contributed by atoms with Gasteiger partial charge in [0.05, 0.1) is 5.57 Å². The van der Waals surface area contributed by atoms with Crippen LogP contribution in [0.25, 0.3) is 6.08 Å². The van der Waals surface area contributed by atoms with E-state index in [9.17, 15) is 15.0 Å². The highest BCUT2D eigenvalue weighted by Crippen LogP contribution is 2.29. The Hall–Kier alpha value is -1.69. The van der Waals surface area contributed by atoms with Gasteiger partial charge in [0.25, 0.3) is 0 Å². The standard InChI is InChI=1S/C13H10ClNO3S/c14-12-8(3-5-19-12)6-10(13(17)18)11(16)9-2-1-4-15-7-9/h1-7,11,16H,(H,17,18). The Morgan fingerprint density at radius 1 is 1.47 bits per heavy atom. The van der Waals surface area contributed by atoms with Crippen LogP contribution in [0.15, 0.2) is 41.5 Å². The van der Waals surface area contributed by atoms with Gasteiger partial charge in [-0.05, 0) is 23.6 Å². The van der Waals surface area contributed by atoms with Crippen LogP contribution in [-0.4, -0.2) is 21.2 Å². The second kappa shape index (κ2) is 5.97. The number of aromatic nitrogens is 1. The van der Waals surface area contributed by atoms with Crippen molar-refractivity contribution in [3.8, 4) is 0 Å². The Bertz CT molecular complexity index is 609. The van der Waals surface area contributed by atoms with Crippen molar-refractivity contribution in [3.05, 3.63) is 57.0 Å². The smallest absolute Gasteiger partial charge is 0.334 e. The maximum atomic E-state index is 11.3. The van der Waals surface area contributed by atoms with Crippen LogP contribution in [0.3, 0.4) is 0 Å². The van der Waals surface area contributed by atoms with Crippen molar-refractivity contribution < 1.29 is 15.0 Å². The van der Waals surface area contributed by atoms with E-state index in [0.29, 0.717) is 15.5 Å². The molecule has 2 rings (SSSR count). The van der Waals surface area contributed by atoms with Crippen LogP contribution in [0, 0.1) is 0 Å². The van der Waals surface area contributed by atoms with Crippen LogP contribution in [0.1, 0.15) is 17.2 Å². The number of aliphatic carboxylic acids is 1. The minimum Gasteiger partial charge on any atom is -0.478 e. The average molecular weight is 296 g/mol. The molecule has 2 N–H and O–H groups in total. The molecule has 0 aromatic carbocycles. The zero-order valence-electron chi connectivity index (χ0n) is 9.65. The SMILES string of the molecule is O=C(O)C(=Cc1ccsc1Cl)C(O)c1cccnc1. The van der Waals surface area contributed by atoms with Gasteiger partial charge in [-0.2, -0.15) is 0 Å². The average Bonchev–Trinajstić information content (AvgIpc) is 2.81. The first-order valence-corrected chi connectivity index (χ1v) is 6.61. The Labute approximate surface area is 118 Å². The van der Waals surface area contributed by atoms with Crippen molar-refractivity contribution in [3.63, 3.8) is 0 Å². The maximum absolute atomic E-state index is 11.3. The van der Waals surface area contributed by atoms with Gasteiger partial charge in [-0.15, -0.1) is 11.3 Å². The molecular formula is C13H10ClNO3S. The predicted molar refractivity (Wildman–Crippen MR) is 74.1 cm³/mol. The Morgan fingerprint density at radius 2 is 2.26 bits per heavy atom. The summed E-state index contributed by atoms with van der Waals surface area (Å²) >= 11 is 7.23. The molecule has 0 amide bonds.